The molecule has 102 valence electrons. The molecule has 0 fully saturated rings. The summed E-state index contributed by atoms with van der Waals surface area (Å²) in [6.07, 6.45) is 3.41. The maximum Gasteiger partial charge on any atom is 0.0418 e. The van der Waals surface area contributed by atoms with Crippen molar-refractivity contribution in [1.29, 1.82) is 0 Å². The number of thiophene rings is 1. The van der Waals surface area contributed by atoms with Crippen LogP contribution in [0.2, 0.25) is 0 Å². The van der Waals surface area contributed by atoms with Gasteiger partial charge in [-0.1, -0.05) is 30.7 Å². The first-order valence-electron chi connectivity index (χ1n) is 7.07. The Morgan fingerprint density at radius 3 is 2.84 bits per heavy atom. The third kappa shape index (κ3) is 3.92. The minimum absolute atomic E-state index is 0.467. The smallest absolute Gasteiger partial charge is 0.0418 e. The first-order chi connectivity index (χ1) is 9.20. The highest BCUT2D eigenvalue weighted by Gasteiger charge is 2.13. The van der Waals surface area contributed by atoms with E-state index in [2.05, 4.69) is 56.1 Å². The lowest BCUT2D eigenvalue weighted by Crippen LogP contribution is -2.21. The van der Waals surface area contributed by atoms with E-state index in [4.69, 9.17) is 0 Å². The van der Waals surface area contributed by atoms with Gasteiger partial charge in [0.15, 0.2) is 0 Å². The molecule has 0 saturated carbocycles. The minimum atomic E-state index is 0.467. The Bertz CT molecular complexity index is 508. The fraction of sp³-hybridized carbons (Fsp3) is 0.412. The summed E-state index contributed by atoms with van der Waals surface area (Å²) in [7, 11) is 0. The third-order valence-electron chi connectivity index (χ3n) is 3.29. The van der Waals surface area contributed by atoms with E-state index in [0.29, 0.717) is 6.04 Å². The van der Waals surface area contributed by atoms with Crippen LogP contribution in [-0.2, 0) is 0 Å². The third-order valence-corrected chi connectivity index (χ3v) is 4.52. The Balaban J connectivity index is 2.17. The minimum Gasteiger partial charge on any atom is -0.309 e. The van der Waals surface area contributed by atoms with E-state index in [1.54, 1.807) is 0 Å². The number of hydrogen-bond acceptors (Lipinski definition) is 2. The topological polar surface area (TPSA) is 12.0 Å². The molecular formula is C17H23NS. The normalized spacial score (nSPS) is 12.7. The van der Waals surface area contributed by atoms with Crippen LogP contribution < -0.4 is 5.32 Å². The summed E-state index contributed by atoms with van der Waals surface area (Å²) in [6, 6.07) is 11.4. The van der Waals surface area contributed by atoms with E-state index >= 15 is 0 Å². The molecule has 0 saturated heterocycles. The number of hydrogen-bond donors (Lipinski definition) is 1. The molecule has 0 bridgehead atoms. The molecule has 0 spiro atoms. The average molecular weight is 273 g/mol. The van der Waals surface area contributed by atoms with Crippen LogP contribution in [0.4, 0.5) is 0 Å². The molecule has 19 heavy (non-hydrogen) atoms. The molecule has 1 atom stereocenters. The summed E-state index contributed by atoms with van der Waals surface area (Å²) in [5.41, 5.74) is 1.27. The molecular weight excluding hydrogens is 250 g/mol. The Morgan fingerprint density at radius 1 is 1.37 bits per heavy atom. The van der Waals surface area contributed by atoms with Crippen LogP contribution in [0.5, 0.6) is 0 Å². The molecule has 2 rings (SSSR count). The predicted octanol–water partition coefficient (Wildman–Crippen LogP) is 5.30. The van der Waals surface area contributed by atoms with Gasteiger partial charge in [-0.3, -0.25) is 0 Å². The second-order valence-electron chi connectivity index (χ2n) is 5.19. The SMILES string of the molecule is C=C(C)CCC(NCCC)c1cc2ccccc2s1. The lowest BCUT2D eigenvalue weighted by molar-refractivity contribution is 0.506. The van der Waals surface area contributed by atoms with Crippen molar-refractivity contribution in [2.45, 2.75) is 39.2 Å². The molecule has 1 N–H and O–H groups in total. The van der Waals surface area contributed by atoms with Crippen LogP contribution in [0.3, 0.4) is 0 Å². The number of rotatable bonds is 7. The highest BCUT2D eigenvalue weighted by molar-refractivity contribution is 7.19. The first-order valence-corrected chi connectivity index (χ1v) is 7.88. The predicted molar refractivity (Wildman–Crippen MR) is 86.9 cm³/mol. The number of allylic oxidation sites excluding steroid dienone is 1. The van der Waals surface area contributed by atoms with Crippen molar-refractivity contribution in [2.75, 3.05) is 6.54 Å². The monoisotopic (exact) mass is 273 g/mol. The highest BCUT2D eigenvalue weighted by atomic mass is 32.1. The Morgan fingerprint density at radius 2 is 2.16 bits per heavy atom. The van der Waals surface area contributed by atoms with Crippen LogP contribution in [0.25, 0.3) is 10.1 Å². The summed E-state index contributed by atoms with van der Waals surface area (Å²) in [5.74, 6) is 0. The standard InChI is InChI=1S/C17H23NS/c1-4-11-18-15(10-9-13(2)3)17-12-14-7-5-6-8-16(14)19-17/h5-8,12,15,18H,2,4,9-11H2,1,3H3. The molecule has 1 unspecified atom stereocenters. The molecule has 0 radical (unpaired) electrons. The second kappa shape index (κ2) is 6.88. The van der Waals surface area contributed by atoms with Gasteiger partial charge in [-0.2, -0.15) is 0 Å². The summed E-state index contributed by atoms with van der Waals surface area (Å²) in [6.45, 7) is 9.43. The molecule has 1 aromatic carbocycles. The van der Waals surface area contributed by atoms with Crippen molar-refractivity contribution in [3.05, 3.63) is 47.4 Å². The van der Waals surface area contributed by atoms with Gasteiger partial charge in [-0.05, 0) is 50.2 Å². The van der Waals surface area contributed by atoms with E-state index in [1.807, 2.05) is 11.3 Å². The lowest BCUT2D eigenvalue weighted by atomic mass is 10.1. The lowest BCUT2D eigenvalue weighted by Gasteiger charge is -2.17. The van der Waals surface area contributed by atoms with Crippen LogP contribution in [0.1, 0.15) is 44.0 Å². The number of benzene rings is 1. The summed E-state index contributed by atoms with van der Waals surface area (Å²) in [4.78, 5) is 1.45. The van der Waals surface area contributed by atoms with Gasteiger partial charge in [-0.25, -0.2) is 0 Å². The van der Waals surface area contributed by atoms with Crippen LogP contribution in [0.15, 0.2) is 42.5 Å². The number of nitrogens with one attached hydrogen (secondary N) is 1. The molecule has 0 aliphatic heterocycles. The molecule has 1 aromatic heterocycles. The summed E-state index contributed by atoms with van der Waals surface area (Å²) >= 11 is 1.92. The van der Waals surface area contributed by atoms with E-state index < -0.39 is 0 Å². The largest absolute Gasteiger partial charge is 0.309 e. The Labute approximate surface area is 120 Å². The fourth-order valence-electron chi connectivity index (χ4n) is 2.23. The van der Waals surface area contributed by atoms with Crippen molar-refractivity contribution in [3.63, 3.8) is 0 Å². The second-order valence-corrected chi connectivity index (χ2v) is 6.30. The summed E-state index contributed by atoms with van der Waals surface area (Å²) < 4.78 is 1.39. The van der Waals surface area contributed by atoms with Crippen molar-refractivity contribution >= 4 is 21.4 Å². The highest BCUT2D eigenvalue weighted by Crippen LogP contribution is 2.32. The zero-order valence-electron chi connectivity index (χ0n) is 11.9. The quantitative estimate of drug-likeness (QED) is 0.675. The Kier molecular flexibility index (Phi) is 5.17. The van der Waals surface area contributed by atoms with E-state index in [1.165, 1.54) is 27.0 Å². The summed E-state index contributed by atoms with van der Waals surface area (Å²) in [5, 5.41) is 5.03. The van der Waals surface area contributed by atoms with Gasteiger partial charge in [0, 0.05) is 15.6 Å². The molecule has 0 aliphatic rings. The van der Waals surface area contributed by atoms with E-state index in [9.17, 15) is 0 Å². The van der Waals surface area contributed by atoms with Gasteiger partial charge < -0.3 is 5.32 Å². The molecule has 0 amide bonds. The van der Waals surface area contributed by atoms with Crippen LogP contribution in [-0.4, -0.2) is 6.54 Å². The maximum absolute atomic E-state index is 4.02. The molecule has 1 heterocycles. The van der Waals surface area contributed by atoms with Crippen molar-refractivity contribution in [2.24, 2.45) is 0 Å². The fourth-order valence-corrected chi connectivity index (χ4v) is 3.40. The van der Waals surface area contributed by atoms with Crippen molar-refractivity contribution in [3.8, 4) is 0 Å². The van der Waals surface area contributed by atoms with E-state index in [-0.39, 0.29) is 0 Å². The van der Waals surface area contributed by atoms with Gasteiger partial charge in [0.05, 0.1) is 0 Å². The first kappa shape index (κ1) is 14.3. The maximum atomic E-state index is 4.02. The van der Waals surface area contributed by atoms with Crippen LogP contribution >= 0.6 is 11.3 Å². The van der Waals surface area contributed by atoms with Crippen molar-refractivity contribution < 1.29 is 0 Å². The van der Waals surface area contributed by atoms with E-state index in [0.717, 1.165) is 19.4 Å². The average Bonchev–Trinajstić information content (AvgIpc) is 2.82. The molecule has 1 nitrogen and oxygen atoms in total. The van der Waals surface area contributed by atoms with Gasteiger partial charge in [0.2, 0.25) is 0 Å². The van der Waals surface area contributed by atoms with Gasteiger partial charge in [-0.15, -0.1) is 17.9 Å². The number of fused-ring (bicyclic) bond motifs is 1. The molecule has 0 aliphatic carbocycles. The van der Waals surface area contributed by atoms with Gasteiger partial charge in [0.1, 0.15) is 0 Å². The van der Waals surface area contributed by atoms with Gasteiger partial charge >= 0.3 is 0 Å². The Hall–Kier alpha value is -1.12. The van der Waals surface area contributed by atoms with Crippen molar-refractivity contribution in [1.82, 2.24) is 5.32 Å². The zero-order valence-corrected chi connectivity index (χ0v) is 12.7. The van der Waals surface area contributed by atoms with Gasteiger partial charge in [0.25, 0.3) is 0 Å². The van der Waals surface area contributed by atoms with Crippen LogP contribution in [0, 0.1) is 0 Å². The molecule has 2 aromatic rings. The zero-order chi connectivity index (χ0) is 13.7. The molecule has 2 heteroatoms.